The molecule has 0 radical (unpaired) electrons. The van der Waals surface area contributed by atoms with Crippen LogP contribution in [0.3, 0.4) is 0 Å². The molecule has 20 heavy (non-hydrogen) atoms. The molecule has 6 nitrogen and oxygen atoms in total. The maximum Gasteiger partial charge on any atom is 0.240 e. The molecule has 2 N–H and O–H groups in total. The van der Waals surface area contributed by atoms with Gasteiger partial charge in [0.2, 0.25) is 15.9 Å². The minimum absolute atomic E-state index is 0.0516. The second kappa shape index (κ2) is 5.90. The smallest absolute Gasteiger partial charge is 0.240 e. The SMILES string of the molecule is CCNS(=O)(=O)c1ccc2c(c1)N(C(=O)CNC)CC2. The van der Waals surface area contributed by atoms with Crippen LogP contribution in [0.15, 0.2) is 23.1 Å². The fourth-order valence-electron chi connectivity index (χ4n) is 2.31. The van der Waals surface area contributed by atoms with Gasteiger partial charge in [0.25, 0.3) is 0 Å². The van der Waals surface area contributed by atoms with Gasteiger partial charge >= 0.3 is 0 Å². The first-order chi connectivity index (χ1) is 9.49. The third-order valence-electron chi connectivity index (χ3n) is 3.23. The molecule has 110 valence electrons. The van der Waals surface area contributed by atoms with E-state index in [0.717, 1.165) is 12.0 Å². The number of nitrogens with one attached hydrogen (secondary N) is 2. The van der Waals surface area contributed by atoms with E-state index >= 15 is 0 Å². The Morgan fingerprint density at radius 1 is 1.40 bits per heavy atom. The first-order valence-corrected chi connectivity index (χ1v) is 8.05. The fraction of sp³-hybridized carbons (Fsp3) is 0.462. The van der Waals surface area contributed by atoms with Crippen molar-refractivity contribution in [3.8, 4) is 0 Å². The molecule has 2 rings (SSSR count). The highest BCUT2D eigenvalue weighted by atomic mass is 32.2. The van der Waals surface area contributed by atoms with Gasteiger partial charge in [0.05, 0.1) is 11.4 Å². The molecule has 1 aromatic carbocycles. The number of anilines is 1. The average molecular weight is 297 g/mol. The van der Waals surface area contributed by atoms with E-state index in [1.807, 2.05) is 0 Å². The van der Waals surface area contributed by atoms with E-state index in [2.05, 4.69) is 10.0 Å². The normalized spacial score (nSPS) is 14.4. The molecule has 0 aromatic heterocycles. The Hall–Kier alpha value is -1.44. The van der Waals surface area contributed by atoms with E-state index in [4.69, 9.17) is 0 Å². The number of rotatable bonds is 5. The van der Waals surface area contributed by atoms with Gasteiger partial charge in [-0.05, 0) is 31.2 Å². The largest absolute Gasteiger partial charge is 0.311 e. The molecule has 0 saturated carbocycles. The van der Waals surface area contributed by atoms with Gasteiger partial charge in [0.1, 0.15) is 0 Å². The molecule has 1 aromatic rings. The van der Waals surface area contributed by atoms with Crippen molar-refractivity contribution in [2.75, 3.05) is 31.6 Å². The van der Waals surface area contributed by atoms with Crippen LogP contribution in [-0.2, 0) is 21.2 Å². The summed E-state index contributed by atoms with van der Waals surface area (Å²) < 4.78 is 26.5. The third kappa shape index (κ3) is 2.84. The summed E-state index contributed by atoms with van der Waals surface area (Å²) >= 11 is 0. The van der Waals surface area contributed by atoms with Gasteiger partial charge in [-0.3, -0.25) is 4.79 Å². The molecule has 0 unspecified atom stereocenters. The lowest BCUT2D eigenvalue weighted by molar-refractivity contribution is -0.117. The molecule has 1 aliphatic rings. The Labute approximate surface area is 119 Å². The minimum Gasteiger partial charge on any atom is -0.311 e. The summed E-state index contributed by atoms with van der Waals surface area (Å²) in [5, 5.41) is 2.82. The predicted molar refractivity (Wildman–Crippen MR) is 77.3 cm³/mol. The Bertz CT molecular complexity index is 613. The van der Waals surface area contributed by atoms with Crippen LogP contribution in [0, 0.1) is 0 Å². The van der Waals surface area contributed by atoms with E-state index in [9.17, 15) is 13.2 Å². The predicted octanol–water partition coefficient (Wildman–Crippen LogP) is 0.0933. The fourth-order valence-corrected chi connectivity index (χ4v) is 3.37. The Morgan fingerprint density at radius 3 is 2.80 bits per heavy atom. The van der Waals surface area contributed by atoms with Crippen molar-refractivity contribution in [2.45, 2.75) is 18.2 Å². The van der Waals surface area contributed by atoms with Gasteiger partial charge in [-0.15, -0.1) is 0 Å². The number of fused-ring (bicyclic) bond motifs is 1. The second-order valence-corrected chi connectivity index (χ2v) is 6.38. The number of amides is 1. The molecule has 0 bridgehead atoms. The van der Waals surface area contributed by atoms with E-state index < -0.39 is 10.0 Å². The van der Waals surface area contributed by atoms with Gasteiger partial charge in [-0.2, -0.15) is 0 Å². The lowest BCUT2D eigenvalue weighted by Gasteiger charge is -2.18. The standard InChI is InChI=1S/C13H19N3O3S/c1-3-15-20(18,19)11-5-4-10-6-7-16(12(10)8-11)13(17)9-14-2/h4-5,8,14-15H,3,6-7,9H2,1-2H3. The lowest BCUT2D eigenvalue weighted by Crippen LogP contribution is -2.36. The molecule has 0 atom stereocenters. The number of hydrogen-bond donors (Lipinski definition) is 2. The minimum atomic E-state index is -3.50. The van der Waals surface area contributed by atoms with Crippen LogP contribution in [-0.4, -0.2) is 41.0 Å². The van der Waals surface area contributed by atoms with Crippen LogP contribution in [0.2, 0.25) is 0 Å². The molecule has 0 aliphatic carbocycles. The van der Waals surface area contributed by atoms with Crippen LogP contribution < -0.4 is 14.9 Å². The monoisotopic (exact) mass is 297 g/mol. The van der Waals surface area contributed by atoms with Crippen LogP contribution in [0.1, 0.15) is 12.5 Å². The molecule has 7 heteroatoms. The van der Waals surface area contributed by atoms with Gasteiger partial charge in [-0.1, -0.05) is 13.0 Å². The van der Waals surface area contributed by atoms with Crippen LogP contribution in [0.4, 0.5) is 5.69 Å². The van der Waals surface area contributed by atoms with Crippen molar-refractivity contribution in [2.24, 2.45) is 0 Å². The number of nitrogens with zero attached hydrogens (tertiary/aromatic N) is 1. The summed E-state index contributed by atoms with van der Waals surface area (Å²) in [6.45, 7) is 2.90. The van der Waals surface area contributed by atoms with Gasteiger partial charge in [0.15, 0.2) is 0 Å². The molecule has 1 aliphatic heterocycles. The van der Waals surface area contributed by atoms with Crippen molar-refractivity contribution < 1.29 is 13.2 Å². The van der Waals surface area contributed by atoms with Gasteiger partial charge in [-0.25, -0.2) is 13.1 Å². The maximum absolute atomic E-state index is 12.0. The molecule has 0 spiro atoms. The van der Waals surface area contributed by atoms with Crippen LogP contribution in [0.25, 0.3) is 0 Å². The summed E-state index contributed by atoms with van der Waals surface area (Å²) in [7, 11) is -1.79. The van der Waals surface area contributed by atoms with Crippen LogP contribution >= 0.6 is 0 Å². The van der Waals surface area contributed by atoms with Crippen molar-refractivity contribution in [3.63, 3.8) is 0 Å². The van der Waals surface area contributed by atoms with Gasteiger partial charge in [0, 0.05) is 18.8 Å². The van der Waals surface area contributed by atoms with E-state index in [1.54, 1.807) is 37.1 Å². The highest BCUT2D eigenvalue weighted by molar-refractivity contribution is 7.89. The first kappa shape index (κ1) is 15.0. The number of carbonyl (C=O) groups is 1. The molecule has 1 amide bonds. The molecular weight excluding hydrogens is 278 g/mol. The van der Waals surface area contributed by atoms with E-state index in [0.29, 0.717) is 18.8 Å². The number of likely N-dealkylation sites (N-methyl/N-ethyl adjacent to an activating group) is 1. The van der Waals surface area contributed by atoms with Crippen molar-refractivity contribution >= 4 is 21.6 Å². The average Bonchev–Trinajstić information content (AvgIpc) is 2.81. The number of benzene rings is 1. The highest BCUT2D eigenvalue weighted by Gasteiger charge is 2.26. The molecular formula is C13H19N3O3S. The first-order valence-electron chi connectivity index (χ1n) is 6.57. The summed E-state index contributed by atoms with van der Waals surface area (Å²) in [5.41, 5.74) is 1.70. The number of sulfonamides is 1. The quantitative estimate of drug-likeness (QED) is 0.807. The maximum atomic E-state index is 12.0. The zero-order valence-electron chi connectivity index (χ0n) is 11.6. The zero-order chi connectivity index (χ0) is 14.8. The van der Waals surface area contributed by atoms with Crippen LogP contribution in [0.5, 0.6) is 0 Å². The summed E-state index contributed by atoms with van der Waals surface area (Å²) in [6, 6.07) is 4.95. The van der Waals surface area contributed by atoms with E-state index in [1.165, 1.54) is 0 Å². The van der Waals surface area contributed by atoms with Crippen molar-refractivity contribution in [3.05, 3.63) is 23.8 Å². The molecule has 0 fully saturated rings. The molecule has 1 heterocycles. The summed E-state index contributed by atoms with van der Waals surface area (Å²) in [5.74, 6) is -0.0516. The van der Waals surface area contributed by atoms with Crippen molar-refractivity contribution in [1.29, 1.82) is 0 Å². The summed E-state index contributed by atoms with van der Waals surface area (Å²) in [6.07, 6.45) is 0.756. The highest BCUT2D eigenvalue weighted by Crippen LogP contribution is 2.30. The Morgan fingerprint density at radius 2 is 2.15 bits per heavy atom. The lowest BCUT2D eigenvalue weighted by atomic mass is 10.2. The zero-order valence-corrected chi connectivity index (χ0v) is 12.5. The van der Waals surface area contributed by atoms with Crippen molar-refractivity contribution in [1.82, 2.24) is 10.0 Å². The topological polar surface area (TPSA) is 78.5 Å². The Kier molecular flexibility index (Phi) is 4.42. The molecule has 0 saturated heterocycles. The Balaban J connectivity index is 2.36. The summed E-state index contributed by atoms with van der Waals surface area (Å²) in [4.78, 5) is 13.8. The number of hydrogen-bond acceptors (Lipinski definition) is 4. The number of carbonyl (C=O) groups excluding carboxylic acids is 1. The third-order valence-corrected chi connectivity index (χ3v) is 4.77. The van der Waals surface area contributed by atoms with Gasteiger partial charge < -0.3 is 10.2 Å². The van der Waals surface area contributed by atoms with E-state index in [-0.39, 0.29) is 17.3 Å². The second-order valence-electron chi connectivity index (χ2n) is 4.62.